The predicted octanol–water partition coefficient (Wildman–Crippen LogP) is 2.92. The largest absolute Gasteiger partial charge is 0.394 e. The van der Waals surface area contributed by atoms with E-state index in [2.05, 4.69) is 5.32 Å². The Balaban J connectivity index is 1.69. The van der Waals surface area contributed by atoms with Gasteiger partial charge in [0.1, 0.15) is 0 Å². The number of hydrogen-bond donors (Lipinski definition) is 2. The predicted molar refractivity (Wildman–Crippen MR) is 108 cm³/mol. The van der Waals surface area contributed by atoms with Crippen molar-refractivity contribution in [1.82, 2.24) is 5.32 Å². The van der Waals surface area contributed by atoms with E-state index in [-0.39, 0.29) is 36.2 Å². The molecule has 0 saturated heterocycles. The number of nitrogens with one attached hydrogen (secondary N) is 1. The lowest BCUT2D eigenvalue weighted by Gasteiger charge is -2.26. The van der Waals surface area contributed by atoms with Gasteiger partial charge in [-0.3, -0.25) is 9.59 Å². The summed E-state index contributed by atoms with van der Waals surface area (Å²) in [4.78, 5) is 26.6. The molecule has 27 heavy (non-hydrogen) atoms. The summed E-state index contributed by atoms with van der Waals surface area (Å²) in [5, 5.41) is 12.7. The summed E-state index contributed by atoms with van der Waals surface area (Å²) < 4.78 is 0. The summed E-state index contributed by atoms with van der Waals surface area (Å²) in [5.74, 6) is 1.82. The van der Waals surface area contributed by atoms with Crippen LogP contribution in [-0.4, -0.2) is 41.5 Å². The maximum Gasteiger partial charge on any atom is 0.248 e. The van der Waals surface area contributed by atoms with Gasteiger partial charge in [-0.25, -0.2) is 0 Å². The minimum atomic E-state index is -0.262. The number of aliphatic hydroxyl groups excluding tert-OH is 1. The third-order valence-electron chi connectivity index (χ3n) is 6.60. The normalized spacial score (nSPS) is 29.9. The van der Waals surface area contributed by atoms with Crippen molar-refractivity contribution in [2.75, 3.05) is 18.6 Å². The van der Waals surface area contributed by atoms with Crippen LogP contribution in [0.1, 0.15) is 31.2 Å². The number of allylic oxidation sites excluding steroid dienone is 1. The average molecular weight is 386 g/mol. The molecule has 3 aliphatic rings. The Bertz CT molecular complexity index is 760. The molecule has 1 aromatic carbocycles. The van der Waals surface area contributed by atoms with Gasteiger partial charge in [0.2, 0.25) is 5.91 Å². The molecule has 0 unspecified atom stereocenters. The van der Waals surface area contributed by atoms with Crippen LogP contribution in [0.25, 0.3) is 5.57 Å². The fourth-order valence-electron chi connectivity index (χ4n) is 5.45. The average Bonchev–Trinajstić information content (AvgIpc) is 3.38. The van der Waals surface area contributed by atoms with Crippen LogP contribution in [0.3, 0.4) is 0 Å². The molecule has 2 N–H and O–H groups in total. The summed E-state index contributed by atoms with van der Waals surface area (Å²) in [6.07, 6.45) is 6.05. The molecular weight excluding hydrogens is 358 g/mol. The van der Waals surface area contributed by atoms with Crippen molar-refractivity contribution in [3.05, 3.63) is 41.5 Å². The van der Waals surface area contributed by atoms with Crippen molar-refractivity contribution < 1.29 is 14.7 Å². The maximum atomic E-state index is 13.3. The number of aliphatic hydroxyl groups is 1. The number of thioether (sulfide) groups is 1. The van der Waals surface area contributed by atoms with Crippen LogP contribution in [0.15, 0.2) is 35.9 Å². The zero-order valence-corrected chi connectivity index (χ0v) is 16.5. The Morgan fingerprint density at radius 2 is 1.93 bits per heavy atom. The molecule has 0 radical (unpaired) electrons. The van der Waals surface area contributed by atoms with Gasteiger partial charge in [0.25, 0.3) is 0 Å². The molecule has 4 rings (SSSR count). The first kappa shape index (κ1) is 18.8. The monoisotopic (exact) mass is 385 g/mol. The summed E-state index contributed by atoms with van der Waals surface area (Å²) in [6, 6.07) is 9.37. The zero-order chi connectivity index (χ0) is 19.0. The molecule has 2 saturated carbocycles. The van der Waals surface area contributed by atoms with Gasteiger partial charge >= 0.3 is 0 Å². The topological polar surface area (TPSA) is 66.4 Å². The fourth-order valence-corrected chi connectivity index (χ4v) is 5.97. The SMILES string of the molecule is CSCC[C@@H](CO)NC(=O)C1=C(c2ccccc2)C(=O)[C@@H]2[C@H]3CC[C@H](C3)[C@H]12. The van der Waals surface area contributed by atoms with Crippen LogP contribution in [0, 0.1) is 23.7 Å². The number of carbonyl (C=O) groups excluding carboxylic acids is 2. The summed E-state index contributed by atoms with van der Waals surface area (Å²) >= 11 is 1.70. The van der Waals surface area contributed by atoms with Gasteiger partial charge < -0.3 is 10.4 Å². The number of ketones is 1. The number of carbonyl (C=O) groups is 2. The van der Waals surface area contributed by atoms with Crippen LogP contribution in [0.2, 0.25) is 0 Å². The summed E-state index contributed by atoms with van der Waals surface area (Å²) in [7, 11) is 0. The van der Waals surface area contributed by atoms with Gasteiger partial charge in [0.15, 0.2) is 5.78 Å². The van der Waals surface area contributed by atoms with E-state index in [1.54, 1.807) is 11.8 Å². The summed E-state index contributed by atoms with van der Waals surface area (Å²) in [6.45, 7) is -0.0751. The van der Waals surface area contributed by atoms with Gasteiger partial charge in [0.05, 0.1) is 12.6 Å². The standard InChI is InChI=1S/C22H27NO3S/c1-27-10-9-16(12-24)23-22(26)20-17-14-7-8-15(11-14)19(17)21(25)18(20)13-5-3-2-4-6-13/h2-6,14-17,19,24H,7-12H2,1H3,(H,23,26)/t14-,15+,16+,17+,19-/m1/s1. The highest BCUT2D eigenvalue weighted by Crippen LogP contribution is 2.60. The molecule has 0 spiro atoms. The molecule has 4 nitrogen and oxygen atoms in total. The Kier molecular flexibility index (Phi) is 5.42. The molecule has 0 heterocycles. The molecule has 5 atom stereocenters. The molecule has 0 aromatic heterocycles. The minimum absolute atomic E-state index is 0.0153. The second-order valence-electron chi connectivity index (χ2n) is 8.04. The Morgan fingerprint density at radius 3 is 2.59 bits per heavy atom. The van der Waals surface area contributed by atoms with E-state index in [4.69, 9.17) is 0 Å². The van der Waals surface area contributed by atoms with Crippen molar-refractivity contribution in [2.45, 2.75) is 31.7 Å². The minimum Gasteiger partial charge on any atom is -0.394 e. The quantitative estimate of drug-likeness (QED) is 0.757. The zero-order valence-electron chi connectivity index (χ0n) is 15.7. The Morgan fingerprint density at radius 1 is 1.22 bits per heavy atom. The van der Waals surface area contributed by atoms with Crippen molar-refractivity contribution >= 4 is 29.0 Å². The van der Waals surface area contributed by atoms with E-state index >= 15 is 0 Å². The fraction of sp³-hybridized carbons (Fsp3) is 0.545. The van der Waals surface area contributed by atoms with Gasteiger partial charge in [-0.15, -0.1) is 0 Å². The number of hydrogen-bond acceptors (Lipinski definition) is 4. The third kappa shape index (κ3) is 3.25. The number of Topliss-reactive ketones (excluding diaryl/α,β-unsaturated/α-hetero) is 1. The number of fused-ring (bicyclic) bond motifs is 5. The van der Waals surface area contributed by atoms with Crippen LogP contribution in [-0.2, 0) is 9.59 Å². The van der Waals surface area contributed by atoms with E-state index in [1.807, 2.05) is 36.6 Å². The first-order valence-electron chi connectivity index (χ1n) is 9.90. The summed E-state index contributed by atoms with van der Waals surface area (Å²) in [5.41, 5.74) is 2.17. The number of amides is 1. The number of benzene rings is 1. The Hall–Kier alpha value is -1.59. The number of rotatable bonds is 7. The van der Waals surface area contributed by atoms with E-state index in [0.29, 0.717) is 23.0 Å². The molecule has 3 aliphatic carbocycles. The van der Waals surface area contributed by atoms with Crippen LogP contribution in [0.4, 0.5) is 0 Å². The molecule has 2 bridgehead atoms. The third-order valence-corrected chi connectivity index (χ3v) is 7.25. The van der Waals surface area contributed by atoms with Crippen molar-refractivity contribution in [3.8, 4) is 0 Å². The lowest BCUT2D eigenvalue weighted by Crippen LogP contribution is -2.40. The first-order chi connectivity index (χ1) is 13.2. The van der Waals surface area contributed by atoms with E-state index in [1.165, 1.54) is 0 Å². The molecule has 0 aliphatic heterocycles. The second kappa shape index (κ2) is 7.80. The highest BCUT2D eigenvalue weighted by Gasteiger charge is 2.58. The molecule has 2 fully saturated rings. The lowest BCUT2D eigenvalue weighted by molar-refractivity contribution is -0.119. The molecule has 1 amide bonds. The molecule has 1 aromatic rings. The van der Waals surface area contributed by atoms with Crippen molar-refractivity contribution in [3.63, 3.8) is 0 Å². The Labute approximate surface area is 164 Å². The molecule has 5 heteroatoms. The van der Waals surface area contributed by atoms with E-state index in [9.17, 15) is 14.7 Å². The highest BCUT2D eigenvalue weighted by atomic mass is 32.2. The van der Waals surface area contributed by atoms with Crippen LogP contribution in [0.5, 0.6) is 0 Å². The molecule has 144 valence electrons. The van der Waals surface area contributed by atoms with Crippen LogP contribution < -0.4 is 5.32 Å². The second-order valence-corrected chi connectivity index (χ2v) is 9.02. The van der Waals surface area contributed by atoms with E-state index < -0.39 is 0 Å². The van der Waals surface area contributed by atoms with E-state index in [0.717, 1.165) is 37.0 Å². The molecular formula is C22H27NO3S. The van der Waals surface area contributed by atoms with Gasteiger partial charge in [0, 0.05) is 23.0 Å². The maximum absolute atomic E-state index is 13.3. The van der Waals surface area contributed by atoms with Crippen molar-refractivity contribution in [1.29, 1.82) is 0 Å². The van der Waals surface area contributed by atoms with Crippen LogP contribution >= 0.6 is 11.8 Å². The van der Waals surface area contributed by atoms with Gasteiger partial charge in [-0.1, -0.05) is 30.3 Å². The van der Waals surface area contributed by atoms with Gasteiger partial charge in [-0.2, -0.15) is 11.8 Å². The first-order valence-corrected chi connectivity index (χ1v) is 11.3. The van der Waals surface area contributed by atoms with Gasteiger partial charge in [-0.05, 0) is 55.1 Å². The van der Waals surface area contributed by atoms with Crippen molar-refractivity contribution in [2.24, 2.45) is 23.7 Å². The smallest absolute Gasteiger partial charge is 0.248 e. The highest BCUT2D eigenvalue weighted by molar-refractivity contribution is 7.98. The lowest BCUT2D eigenvalue weighted by atomic mass is 9.78.